The van der Waals surface area contributed by atoms with Crippen molar-refractivity contribution in [1.29, 1.82) is 0 Å². The summed E-state index contributed by atoms with van der Waals surface area (Å²) in [6, 6.07) is 18.2. The van der Waals surface area contributed by atoms with Gasteiger partial charge in [0.2, 0.25) is 5.91 Å². The number of aryl methyl sites for hydroxylation is 2. The number of carbonyl (C=O) groups is 1. The Hall–Kier alpha value is -3.34. The monoisotopic (exact) mass is 430 g/mol. The maximum Gasteiger partial charge on any atom is 0.227 e. The van der Waals surface area contributed by atoms with E-state index >= 15 is 0 Å². The third-order valence-corrected chi connectivity index (χ3v) is 6.09. The second-order valence-electron chi connectivity index (χ2n) is 8.39. The van der Waals surface area contributed by atoms with E-state index < -0.39 is 0 Å². The van der Waals surface area contributed by atoms with Gasteiger partial charge in [0.05, 0.1) is 32.4 Å². The van der Waals surface area contributed by atoms with Gasteiger partial charge in [-0.15, -0.1) is 0 Å². The van der Waals surface area contributed by atoms with Crippen LogP contribution in [-0.4, -0.2) is 36.6 Å². The molecule has 0 spiro atoms. The molecule has 3 aromatic rings. The second kappa shape index (κ2) is 9.43. The SMILES string of the molecule is COc1ccc(-c2cc(C)nc(C3CCCN3C(=O)Cc3cc(C)ccc3OC)c2)cc1. The Kier molecular flexibility index (Phi) is 6.45. The summed E-state index contributed by atoms with van der Waals surface area (Å²) in [5.41, 5.74) is 6.17. The molecule has 166 valence electrons. The van der Waals surface area contributed by atoms with Gasteiger partial charge < -0.3 is 14.4 Å². The first-order chi connectivity index (χ1) is 15.5. The maximum atomic E-state index is 13.3. The van der Waals surface area contributed by atoms with Crippen molar-refractivity contribution in [1.82, 2.24) is 9.88 Å². The molecule has 2 heterocycles. The second-order valence-corrected chi connectivity index (χ2v) is 8.39. The average Bonchev–Trinajstić information content (AvgIpc) is 3.29. The summed E-state index contributed by atoms with van der Waals surface area (Å²) in [6.07, 6.45) is 2.24. The van der Waals surface area contributed by atoms with Crippen molar-refractivity contribution < 1.29 is 14.3 Å². The molecule has 1 atom stereocenters. The molecule has 1 aromatic heterocycles. The van der Waals surface area contributed by atoms with Crippen LogP contribution in [0.3, 0.4) is 0 Å². The first-order valence-electron chi connectivity index (χ1n) is 11.0. The van der Waals surface area contributed by atoms with Crippen molar-refractivity contribution >= 4 is 5.91 Å². The van der Waals surface area contributed by atoms with Crippen LogP contribution in [-0.2, 0) is 11.2 Å². The van der Waals surface area contributed by atoms with Crippen molar-refractivity contribution in [3.63, 3.8) is 0 Å². The van der Waals surface area contributed by atoms with Crippen LogP contribution in [0.25, 0.3) is 11.1 Å². The Morgan fingerprint density at radius 2 is 1.78 bits per heavy atom. The Morgan fingerprint density at radius 3 is 2.50 bits per heavy atom. The van der Waals surface area contributed by atoms with E-state index in [0.717, 1.165) is 64.5 Å². The molecule has 1 aliphatic heterocycles. The highest BCUT2D eigenvalue weighted by Gasteiger charge is 2.31. The van der Waals surface area contributed by atoms with Crippen molar-refractivity contribution in [2.75, 3.05) is 20.8 Å². The lowest BCUT2D eigenvalue weighted by molar-refractivity contribution is -0.131. The van der Waals surface area contributed by atoms with E-state index in [9.17, 15) is 4.79 Å². The minimum Gasteiger partial charge on any atom is -0.497 e. The highest BCUT2D eigenvalue weighted by Crippen LogP contribution is 2.34. The molecule has 1 saturated heterocycles. The summed E-state index contributed by atoms with van der Waals surface area (Å²) in [7, 11) is 3.32. The highest BCUT2D eigenvalue weighted by molar-refractivity contribution is 5.80. The number of hydrogen-bond acceptors (Lipinski definition) is 4. The Morgan fingerprint density at radius 1 is 1.00 bits per heavy atom. The molecule has 0 N–H and O–H groups in total. The number of benzene rings is 2. The zero-order valence-corrected chi connectivity index (χ0v) is 19.2. The van der Waals surface area contributed by atoms with Crippen LogP contribution in [0, 0.1) is 13.8 Å². The van der Waals surface area contributed by atoms with Crippen molar-refractivity contribution in [3.05, 3.63) is 77.1 Å². The van der Waals surface area contributed by atoms with E-state index in [0.29, 0.717) is 6.42 Å². The summed E-state index contributed by atoms with van der Waals surface area (Å²) in [4.78, 5) is 20.1. The van der Waals surface area contributed by atoms with Gasteiger partial charge in [-0.05, 0) is 68.1 Å². The predicted molar refractivity (Wildman–Crippen MR) is 126 cm³/mol. The smallest absolute Gasteiger partial charge is 0.227 e. The minimum absolute atomic E-state index is 0.00444. The quantitative estimate of drug-likeness (QED) is 0.533. The molecule has 1 unspecified atom stereocenters. The van der Waals surface area contributed by atoms with E-state index in [1.165, 1.54) is 0 Å². The molecule has 32 heavy (non-hydrogen) atoms. The molecular formula is C27H30N2O3. The Bertz CT molecular complexity index is 1110. The zero-order chi connectivity index (χ0) is 22.7. The van der Waals surface area contributed by atoms with Gasteiger partial charge in [-0.25, -0.2) is 0 Å². The number of pyridine rings is 1. The molecule has 1 aliphatic rings. The van der Waals surface area contributed by atoms with Crippen LogP contribution in [0.1, 0.15) is 41.4 Å². The lowest BCUT2D eigenvalue weighted by Crippen LogP contribution is -2.32. The zero-order valence-electron chi connectivity index (χ0n) is 19.2. The lowest BCUT2D eigenvalue weighted by Gasteiger charge is -2.25. The highest BCUT2D eigenvalue weighted by atomic mass is 16.5. The van der Waals surface area contributed by atoms with E-state index in [2.05, 4.69) is 24.3 Å². The molecule has 2 aromatic carbocycles. The van der Waals surface area contributed by atoms with Gasteiger partial charge in [-0.1, -0.05) is 29.8 Å². The Labute approximate surface area is 190 Å². The van der Waals surface area contributed by atoms with Gasteiger partial charge in [0, 0.05) is 17.8 Å². The first-order valence-corrected chi connectivity index (χ1v) is 11.0. The van der Waals surface area contributed by atoms with E-state index in [-0.39, 0.29) is 11.9 Å². The number of likely N-dealkylation sites (tertiary alicyclic amines) is 1. The number of methoxy groups -OCH3 is 2. The topological polar surface area (TPSA) is 51.7 Å². The number of nitrogens with zero attached hydrogens (tertiary/aromatic N) is 2. The largest absolute Gasteiger partial charge is 0.497 e. The molecule has 0 radical (unpaired) electrons. The molecule has 0 saturated carbocycles. The molecule has 5 nitrogen and oxygen atoms in total. The molecule has 1 amide bonds. The minimum atomic E-state index is -0.00444. The number of carbonyl (C=O) groups excluding carboxylic acids is 1. The van der Waals surface area contributed by atoms with Crippen LogP contribution in [0.2, 0.25) is 0 Å². The van der Waals surface area contributed by atoms with Crippen LogP contribution in [0.15, 0.2) is 54.6 Å². The molecule has 1 fully saturated rings. The molecular weight excluding hydrogens is 400 g/mol. The van der Waals surface area contributed by atoms with Gasteiger partial charge in [-0.3, -0.25) is 9.78 Å². The fourth-order valence-electron chi connectivity index (χ4n) is 4.50. The normalized spacial score (nSPS) is 15.6. The average molecular weight is 431 g/mol. The molecule has 0 aliphatic carbocycles. The van der Waals surface area contributed by atoms with Gasteiger partial charge in [0.1, 0.15) is 11.5 Å². The number of rotatable bonds is 6. The number of amides is 1. The summed E-state index contributed by atoms with van der Waals surface area (Å²) >= 11 is 0. The van der Waals surface area contributed by atoms with Gasteiger partial charge in [0.25, 0.3) is 0 Å². The lowest BCUT2D eigenvalue weighted by atomic mass is 10.0. The molecule has 4 rings (SSSR count). The Balaban J connectivity index is 1.60. The van der Waals surface area contributed by atoms with Crippen LogP contribution >= 0.6 is 0 Å². The fourth-order valence-corrected chi connectivity index (χ4v) is 4.50. The van der Waals surface area contributed by atoms with E-state index in [4.69, 9.17) is 14.5 Å². The van der Waals surface area contributed by atoms with Gasteiger partial charge in [-0.2, -0.15) is 0 Å². The van der Waals surface area contributed by atoms with Crippen LogP contribution < -0.4 is 9.47 Å². The number of hydrogen-bond donors (Lipinski definition) is 0. The van der Waals surface area contributed by atoms with Gasteiger partial charge >= 0.3 is 0 Å². The third-order valence-electron chi connectivity index (χ3n) is 6.09. The summed E-state index contributed by atoms with van der Waals surface area (Å²) in [5.74, 6) is 1.71. The van der Waals surface area contributed by atoms with Crippen molar-refractivity contribution in [2.45, 2.75) is 39.2 Å². The van der Waals surface area contributed by atoms with Crippen molar-refractivity contribution in [3.8, 4) is 22.6 Å². The first kappa shape index (κ1) is 21.9. The van der Waals surface area contributed by atoms with Crippen LogP contribution in [0.5, 0.6) is 11.5 Å². The number of ether oxygens (including phenoxy) is 2. The summed E-state index contributed by atoms with van der Waals surface area (Å²) < 4.78 is 10.8. The predicted octanol–water partition coefficient (Wildman–Crippen LogP) is 5.29. The van der Waals surface area contributed by atoms with E-state index in [1.54, 1.807) is 14.2 Å². The number of aromatic nitrogens is 1. The van der Waals surface area contributed by atoms with Crippen molar-refractivity contribution in [2.24, 2.45) is 0 Å². The summed E-state index contributed by atoms with van der Waals surface area (Å²) in [5, 5.41) is 0. The standard InChI is InChI=1S/C27H30N2O3/c1-18-7-12-26(32-4)22(14-18)17-27(30)29-13-5-6-25(29)24-16-21(15-19(2)28-24)20-8-10-23(31-3)11-9-20/h7-12,14-16,25H,5-6,13,17H2,1-4H3. The van der Waals surface area contributed by atoms with Gasteiger partial charge in [0.15, 0.2) is 0 Å². The van der Waals surface area contributed by atoms with E-state index in [1.807, 2.05) is 49.1 Å². The molecule has 5 heteroatoms. The summed E-state index contributed by atoms with van der Waals surface area (Å²) in [6.45, 7) is 4.80. The maximum absolute atomic E-state index is 13.3. The fraction of sp³-hybridized carbons (Fsp3) is 0.333. The third kappa shape index (κ3) is 4.62. The molecule has 0 bridgehead atoms. The van der Waals surface area contributed by atoms with Crippen LogP contribution in [0.4, 0.5) is 0 Å².